The van der Waals surface area contributed by atoms with Gasteiger partial charge in [-0.2, -0.15) is 0 Å². The molecule has 0 aromatic heterocycles. The summed E-state index contributed by atoms with van der Waals surface area (Å²) in [6.45, 7) is 3.23. The maximum Gasteiger partial charge on any atom is 0.133 e. The van der Waals surface area contributed by atoms with Gasteiger partial charge in [0.1, 0.15) is 18.5 Å². The molecule has 1 fully saturated rings. The summed E-state index contributed by atoms with van der Waals surface area (Å²) in [5, 5.41) is 10.0. The first-order valence-corrected chi connectivity index (χ1v) is 8.22. The molecule has 1 aliphatic heterocycles. The number of halogens is 2. The number of ether oxygens (including phenoxy) is 1. The molecule has 0 radical (unpaired) electrons. The van der Waals surface area contributed by atoms with Crippen molar-refractivity contribution in [3.63, 3.8) is 0 Å². The number of benzene rings is 1. The second-order valence-corrected chi connectivity index (χ2v) is 6.67. The van der Waals surface area contributed by atoms with Crippen molar-refractivity contribution in [3.8, 4) is 5.75 Å². The number of β-amino-alcohol motifs (C(OH)–C–C–N with tert-alkyl or cyclic N) is 1. The van der Waals surface area contributed by atoms with E-state index in [1.807, 2.05) is 18.2 Å². The maximum atomic E-state index is 10.0. The van der Waals surface area contributed by atoms with Crippen LogP contribution >= 0.6 is 31.9 Å². The van der Waals surface area contributed by atoms with E-state index in [2.05, 4.69) is 36.8 Å². The molecule has 0 bridgehead atoms. The van der Waals surface area contributed by atoms with Crippen LogP contribution < -0.4 is 4.74 Å². The van der Waals surface area contributed by atoms with Crippen LogP contribution in [0.3, 0.4) is 0 Å². The summed E-state index contributed by atoms with van der Waals surface area (Å²) in [6, 6.07) is 5.76. The monoisotopic (exact) mass is 391 g/mol. The molecule has 2 rings (SSSR count). The summed E-state index contributed by atoms with van der Waals surface area (Å²) in [6.07, 6.45) is 3.36. The van der Waals surface area contributed by atoms with Gasteiger partial charge < -0.3 is 14.7 Å². The molecule has 1 aromatic rings. The Hall–Kier alpha value is -0.100. The number of nitrogens with zero attached hydrogens (tertiary/aromatic N) is 1. The Morgan fingerprint density at radius 3 is 2.63 bits per heavy atom. The van der Waals surface area contributed by atoms with Crippen molar-refractivity contribution in [1.29, 1.82) is 0 Å². The van der Waals surface area contributed by atoms with Crippen LogP contribution in [0.25, 0.3) is 0 Å². The lowest BCUT2D eigenvalue weighted by atomic mass is 10.1. The van der Waals surface area contributed by atoms with Gasteiger partial charge in [0.2, 0.25) is 0 Å². The van der Waals surface area contributed by atoms with Crippen molar-refractivity contribution in [3.05, 3.63) is 27.1 Å². The SMILES string of the molecule is O[C@H](COc1ccc(Br)cc1Br)CN1CCCCC1. The molecular formula is C14H19Br2NO2. The van der Waals surface area contributed by atoms with Gasteiger partial charge in [-0.1, -0.05) is 22.4 Å². The van der Waals surface area contributed by atoms with Gasteiger partial charge in [0, 0.05) is 11.0 Å². The Labute approximate surface area is 131 Å². The molecule has 19 heavy (non-hydrogen) atoms. The fourth-order valence-corrected chi connectivity index (χ4v) is 3.43. The van der Waals surface area contributed by atoms with E-state index < -0.39 is 6.10 Å². The van der Waals surface area contributed by atoms with Crippen molar-refractivity contribution >= 4 is 31.9 Å². The molecule has 1 saturated heterocycles. The van der Waals surface area contributed by atoms with Gasteiger partial charge in [0.15, 0.2) is 0 Å². The zero-order chi connectivity index (χ0) is 13.7. The zero-order valence-electron chi connectivity index (χ0n) is 10.8. The van der Waals surface area contributed by atoms with Crippen LogP contribution in [0.1, 0.15) is 19.3 Å². The van der Waals surface area contributed by atoms with E-state index in [9.17, 15) is 5.11 Å². The zero-order valence-corrected chi connectivity index (χ0v) is 14.0. The Morgan fingerprint density at radius 2 is 1.95 bits per heavy atom. The predicted molar refractivity (Wildman–Crippen MR) is 83.6 cm³/mol. The molecule has 0 saturated carbocycles. The lowest BCUT2D eigenvalue weighted by Gasteiger charge is -2.28. The first kappa shape index (κ1) is 15.3. The fourth-order valence-electron chi connectivity index (χ4n) is 2.27. The molecule has 106 valence electrons. The van der Waals surface area contributed by atoms with E-state index >= 15 is 0 Å². The van der Waals surface area contributed by atoms with Gasteiger partial charge in [-0.15, -0.1) is 0 Å². The molecule has 1 N–H and O–H groups in total. The Kier molecular flexibility index (Phi) is 6.13. The summed E-state index contributed by atoms with van der Waals surface area (Å²) >= 11 is 6.85. The number of piperidine rings is 1. The summed E-state index contributed by atoms with van der Waals surface area (Å²) in [7, 11) is 0. The number of hydrogen-bond donors (Lipinski definition) is 1. The standard InChI is InChI=1S/C14H19Br2NO2/c15-11-4-5-14(13(16)8-11)19-10-12(18)9-17-6-2-1-3-7-17/h4-5,8,12,18H,1-3,6-7,9-10H2/t12-/m0/s1. The van der Waals surface area contributed by atoms with Gasteiger partial charge in [-0.25, -0.2) is 0 Å². The molecule has 1 heterocycles. The van der Waals surface area contributed by atoms with Crippen LogP contribution in [0.5, 0.6) is 5.75 Å². The summed E-state index contributed by atoms with van der Waals surface area (Å²) in [5.74, 6) is 0.765. The Morgan fingerprint density at radius 1 is 1.21 bits per heavy atom. The smallest absolute Gasteiger partial charge is 0.133 e. The fraction of sp³-hybridized carbons (Fsp3) is 0.571. The highest BCUT2D eigenvalue weighted by Crippen LogP contribution is 2.28. The second-order valence-electron chi connectivity index (χ2n) is 4.90. The lowest BCUT2D eigenvalue weighted by Crippen LogP contribution is -2.38. The van der Waals surface area contributed by atoms with Gasteiger partial charge >= 0.3 is 0 Å². The third-order valence-corrected chi connectivity index (χ3v) is 4.36. The highest BCUT2D eigenvalue weighted by molar-refractivity contribution is 9.11. The minimum absolute atomic E-state index is 0.330. The van der Waals surface area contributed by atoms with Crippen LogP contribution in [-0.2, 0) is 0 Å². The van der Waals surface area contributed by atoms with Gasteiger partial charge in [-0.3, -0.25) is 0 Å². The Balaban J connectivity index is 1.77. The van der Waals surface area contributed by atoms with Crippen LogP contribution in [0.15, 0.2) is 27.1 Å². The van der Waals surface area contributed by atoms with Crippen LogP contribution in [0, 0.1) is 0 Å². The van der Waals surface area contributed by atoms with Crippen LogP contribution in [0.4, 0.5) is 0 Å². The van der Waals surface area contributed by atoms with Crippen molar-refractivity contribution in [2.45, 2.75) is 25.4 Å². The summed E-state index contributed by atoms with van der Waals surface area (Å²) < 4.78 is 7.55. The van der Waals surface area contributed by atoms with E-state index in [0.29, 0.717) is 13.2 Å². The molecule has 1 atom stereocenters. The number of likely N-dealkylation sites (tertiary alicyclic amines) is 1. The third kappa shape index (κ3) is 5.06. The van der Waals surface area contributed by atoms with Gasteiger partial charge in [0.05, 0.1) is 4.47 Å². The molecule has 0 unspecified atom stereocenters. The summed E-state index contributed by atoms with van der Waals surface area (Å²) in [4.78, 5) is 2.31. The first-order chi connectivity index (χ1) is 9.15. The molecular weight excluding hydrogens is 374 g/mol. The third-order valence-electron chi connectivity index (χ3n) is 3.24. The van der Waals surface area contributed by atoms with Crippen LogP contribution in [-0.4, -0.2) is 42.4 Å². The Bertz CT molecular complexity index is 408. The molecule has 1 aliphatic rings. The number of aliphatic hydroxyl groups excluding tert-OH is 1. The highest BCUT2D eigenvalue weighted by atomic mass is 79.9. The minimum atomic E-state index is -0.436. The molecule has 5 heteroatoms. The number of hydrogen-bond acceptors (Lipinski definition) is 3. The maximum absolute atomic E-state index is 10.0. The number of aliphatic hydroxyl groups is 1. The van der Waals surface area contributed by atoms with Gasteiger partial charge in [-0.05, 0) is 60.1 Å². The van der Waals surface area contributed by atoms with Gasteiger partial charge in [0.25, 0.3) is 0 Å². The van der Waals surface area contributed by atoms with E-state index in [-0.39, 0.29) is 0 Å². The predicted octanol–water partition coefficient (Wildman–Crippen LogP) is 3.44. The highest BCUT2D eigenvalue weighted by Gasteiger charge is 2.15. The lowest BCUT2D eigenvalue weighted by molar-refractivity contribution is 0.0615. The largest absolute Gasteiger partial charge is 0.490 e. The quantitative estimate of drug-likeness (QED) is 0.832. The van der Waals surface area contributed by atoms with E-state index in [4.69, 9.17) is 4.74 Å². The second kappa shape index (κ2) is 7.62. The first-order valence-electron chi connectivity index (χ1n) is 6.63. The van der Waals surface area contributed by atoms with Crippen molar-refractivity contribution in [2.24, 2.45) is 0 Å². The number of rotatable bonds is 5. The molecule has 3 nitrogen and oxygen atoms in total. The molecule has 1 aromatic carbocycles. The van der Waals surface area contributed by atoms with Crippen molar-refractivity contribution < 1.29 is 9.84 Å². The average Bonchev–Trinajstić information content (AvgIpc) is 2.39. The van der Waals surface area contributed by atoms with Crippen LogP contribution in [0.2, 0.25) is 0 Å². The van der Waals surface area contributed by atoms with Crippen molar-refractivity contribution in [2.75, 3.05) is 26.2 Å². The summed E-state index contributed by atoms with van der Waals surface area (Å²) in [5.41, 5.74) is 0. The topological polar surface area (TPSA) is 32.7 Å². The molecule has 0 spiro atoms. The van der Waals surface area contributed by atoms with E-state index in [1.54, 1.807) is 0 Å². The van der Waals surface area contributed by atoms with E-state index in [0.717, 1.165) is 27.8 Å². The molecule has 0 amide bonds. The van der Waals surface area contributed by atoms with Crippen molar-refractivity contribution in [1.82, 2.24) is 4.90 Å². The molecule has 0 aliphatic carbocycles. The minimum Gasteiger partial charge on any atom is -0.490 e. The average molecular weight is 393 g/mol. The normalized spacial score (nSPS) is 18.3. The van der Waals surface area contributed by atoms with E-state index in [1.165, 1.54) is 19.3 Å².